The van der Waals surface area contributed by atoms with Crippen molar-refractivity contribution in [3.8, 4) is 0 Å². The summed E-state index contributed by atoms with van der Waals surface area (Å²) in [4.78, 5) is 36.5. The van der Waals surface area contributed by atoms with Gasteiger partial charge < -0.3 is 9.73 Å². The summed E-state index contributed by atoms with van der Waals surface area (Å²) in [5, 5.41) is 2.63. The van der Waals surface area contributed by atoms with Crippen molar-refractivity contribution in [3.63, 3.8) is 0 Å². The molecule has 22 heavy (non-hydrogen) atoms. The Hall–Kier alpha value is -3.15. The third-order valence-electron chi connectivity index (χ3n) is 3.30. The predicted octanol–water partition coefficient (Wildman–Crippen LogP) is 2.16. The number of benzene rings is 1. The van der Waals surface area contributed by atoms with Crippen LogP contribution in [0.15, 0.2) is 47.1 Å². The number of rotatable bonds is 3. The standard InChI is InChI=1S/C16H12N2O4/c1-18-15(20)12-6-4-10(9-13(12)16(18)21)17-14(19)7-5-11-3-2-8-22-11/h2-9H,1H3,(H,17,19)/b7-5+. The molecular formula is C16H12N2O4. The third kappa shape index (κ3) is 2.42. The molecule has 3 rings (SSSR count). The Labute approximate surface area is 126 Å². The van der Waals surface area contributed by atoms with Gasteiger partial charge in [-0.1, -0.05) is 0 Å². The van der Waals surface area contributed by atoms with Gasteiger partial charge in [-0.05, 0) is 36.4 Å². The molecule has 1 aliphatic heterocycles. The minimum Gasteiger partial charge on any atom is -0.465 e. The van der Waals surface area contributed by atoms with Crippen LogP contribution in [0.1, 0.15) is 26.5 Å². The minimum atomic E-state index is -0.373. The summed E-state index contributed by atoms with van der Waals surface area (Å²) in [6.45, 7) is 0. The average Bonchev–Trinajstić information content (AvgIpc) is 3.10. The van der Waals surface area contributed by atoms with Crippen molar-refractivity contribution in [2.45, 2.75) is 0 Å². The van der Waals surface area contributed by atoms with Gasteiger partial charge in [-0.15, -0.1) is 0 Å². The predicted molar refractivity (Wildman–Crippen MR) is 79.2 cm³/mol. The van der Waals surface area contributed by atoms with Crippen LogP contribution in [0.3, 0.4) is 0 Å². The molecule has 0 aliphatic carbocycles. The first kappa shape index (κ1) is 13.8. The molecule has 0 bridgehead atoms. The van der Waals surface area contributed by atoms with E-state index < -0.39 is 0 Å². The molecule has 2 aromatic rings. The molecule has 110 valence electrons. The van der Waals surface area contributed by atoms with Crippen molar-refractivity contribution >= 4 is 29.5 Å². The van der Waals surface area contributed by atoms with E-state index in [1.807, 2.05) is 0 Å². The van der Waals surface area contributed by atoms with Crippen molar-refractivity contribution in [3.05, 3.63) is 59.6 Å². The molecule has 0 spiro atoms. The maximum Gasteiger partial charge on any atom is 0.261 e. The summed E-state index contributed by atoms with van der Waals surface area (Å²) < 4.78 is 5.08. The summed E-state index contributed by atoms with van der Waals surface area (Å²) in [6, 6.07) is 8.06. The number of nitrogens with one attached hydrogen (secondary N) is 1. The van der Waals surface area contributed by atoms with E-state index >= 15 is 0 Å². The lowest BCUT2D eigenvalue weighted by Crippen LogP contribution is -2.24. The molecule has 0 radical (unpaired) electrons. The Morgan fingerprint density at radius 1 is 1.18 bits per heavy atom. The molecule has 1 aliphatic rings. The average molecular weight is 296 g/mol. The van der Waals surface area contributed by atoms with Crippen LogP contribution in [-0.4, -0.2) is 29.7 Å². The minimum absolute atomic E-state index is 0.292. The second kappa shape index (κ2) is 5.33. The number of anilines is 1. The molecule has 6 nitrogen and oxygen atoms in total. The zero-order valence-electron chi connectivity index (χ0n) is 11.7. The third-order valence-corrected chi connectivity index (χ3v) is 3.30. The SMILES string of the molecule is CN1C(=O)c2ccc(NC(=O)/C=C/c3ccco3)cc2C1=O. The van der Waals surface area contributed by atoms with Crippen LogP contribution < -0.4 is 5.32 Å². The van der Waals surface area contributed by atoms with E-state index in [4.69, 9.17) is 4.42 Å². The van der Waals surface area contributed by atoms with Crippen molar-refractivity contribution in [1.29, 1.82) is 0 Å². The first-order chi connectivity index (χ1) is 10.6. The number of carbonyl (C=O) groups excluding carboxylic acids is 3. The molecule has 0 saturated carbocycles. The first-order valence-corrected chi connectivity index (χ1v) is 6.55. The van der Waals surface area contributed by atoms with Crippen molar-refractivity contribution in [2.75, 3.05) is 12.4 Å². The van der Waals surface area contributed by atoms with E-state index in [1.54, 1.807) is 18.2 Å². The maximum absolute atomic E-state index is 11.9. The van der Waals surface area contributed by atoms with E-state index in [0.29, 0.717) is 22.6 Å². The number of carbonyl (C=O) groups is 3. The molecule has 0 fully saturated rings. The van der Waals surface area contributed by atoms with Crippen LogP contribution in [0.2, 0.25) is 0 Å². The van der Waals surface area contributed by atoms with Crippen LogP contribution in [-0.2, 0) is 4.79 Å². The van der Waals surface area contributed by atoms with Crippen molar-refractivity contribution in [2.24, 2.45) is 0 Å². The summed E-state index contributed by atoms with van der Waals surface area (Å²) >= 11 is 0. The molecular weight excluding hydrogens is 284 g/mol. The molecule has 1 aromatic heterocycles. The lowest BCUT2D eigenvalue weighted by atomic mass is 10.1. The lowest BCUT2D eigenvalue weighted by Gasteiger charge is -2.03. The first-order valence-electron chi connectivity index (χ1n) is 6.55. The van der Waals surface area contributed by atoms with Crippen LogP contribution in [0.5, 0.6) is 0 Å². The monoisotopic (exact) mass is 296 g/mol. The molecule has 1 N–H and O–H groups in total. The second-order valence-corrected chi connectivity index (χ2v) is 4.77. The molecule has 0 saturated heterocycles. The fourth-order valence-corrected chi connectivity index (χ4v) is 2.17. The van der Waals surface area contributed by atoms with Crippen LogP contribution >= 0.6 is 0 Å². The molecule has 2 heterocycles. The van der Waals surface area contributed by atoms with E-state index in [0.717, 1.165) is 4.90 Å². The Morgan fingerprint density at radius 3 is 2.68 bits per heavy atom. The summed E-state index contributed by atoms with van der Waals surface area (Å²) in [7, 11) is 1.43. The number of fused-ring (bicyclic) bond motifs is 1. The highest BCUT2D eigenvalue weighted by molar-refractivity contribution is 6.21. The fourth-order valence-electron chi connectivity index (χ4n) is 2.17. The van der Waals surface area contributed by atoms with E-state index in [2.05, 4.69) is 5.32 Å². The highest BCUT2D eigenvalue weighted by atomic mass is 16.3. The maximum atomic E-state index is 11.9. The summed E-state index contributed by atoms with van der Waals surface area (Å²) in [6.07, 6.45) is 4.37. The zero-order valence-corrected chi connectivity index (χ0v) is 11.7. The zero-order chi connectivity index (χ0) is 15.7. The van der Waals surface area contributed by atoms with Crippen LogP contribution in [0.4, 0.5) is 5.69 Å². The van der Waals surface area contributed by atoms with Gasteiger partial charge in [0.2, 0.25) is 5.91 Å². The number of imide groups is 1. The number of nitrogens with zero attached hydrogens (tertiary/aromatic N) is 1. The summed E-state index contributed by atoms with van der Waals surface area (Å²) in [5.74, 6) is -0.509. The van der Waals surface area contributed by atoms with Crippen molar-refractivity contribution < 1.29 is 18.8 Å². The van der Waals surface area contributed by atoms with Gasteiger partial charge in [0.25, 0.3) is 11.8 Å². The molecule has 0 atom stereocenters. The van der Waals surface area contributed by atoms with Gasteiger partial charge in [0.05, 0.1) is 17.4 Å². The molecule has 6 heteroatoms. The van der Waals surface area contributed by atoms with Gasteiger partial charge in [-0.2, -0.15) is 0 Å². The van der Waals surface area contributed by atoms with Gasteiger partial charge in [0, 0.05) is 18.8 Å². The van der Waals surface area contributed by atoms with Gasteiger partial charge in [-0.25, -0.2) is 0 Å². The molecule has 0 unspecified atom stereocenters. The Balaban J connectivity index is 1.76. The quantitative estimate of drug-likeness (QED) is 0.695. The Morgan fingerprint density at radius 2 is 1.95 bits per heavy atom. The lowest BCUT2D eigenvalue weighted by molar-refractivity contribution is -0.111. The summed E-state index contributed by atoms with van der Waals surface area (Å²) in [5.41, 5.74) is 1.08. The molecule has 3 amide bonds. The second-order valence-electron chi connectivity index (χ2n) is 4.77. The number of furan rings is 1. The van der Waals surface area contributed by atoms with Crippen LogP contribution in [0.25, 0.3) is 6.08 Å². The highest BCUT2D eigenvalue weighted by Crippen LogP contribution is 2.24. The number of hydrogen-bond acceptors (Lipinski definition) is 4. The highest BCUT2D eigenvalue weighted by Gasteiger charge is 2.32. The largest absolute Gasteiger partial charge is 0.465 e. The molecule has 1 aromatic carbocycles. The van der Waals surface area contributed by atoms with Gasteiger partial charge in [-0.3, -0.25) is 19.3 Å². The van der Waals surface area contributed by atoms with Crippen molar-refractivity contribution in [1.82, 2.24) is 4.90 Å². The van der Waals surface area contributed by atoms with Crippen LogP contribution in [0, 0.1) is 0 Å². The smallest absolute Gasteiger partial charge is 0.261 e. The van der Waals surface area contributed by atoms with E-state index in [1.165, 1.54) is 37.6 Å². The topological polar surface area (TPSA) is 79.6 Å². The van der Waals surface area contributed by atoms with E-state index in [-0.39, 0.29) is 17.7 Å². The van der Waals surface area contributed by atoms with Gasteiger partial charge in [0.1, 0.15) is 5.76 Å². The van der Waals surface area contributed by atoms with E-state index in [9.17, 15) is 14.4 Å². The Kier molecular flexibility index (Phi) is 3.34. The number of hydrogen-bond donors (Lipinski definition) is 1. The van der Waals surface area contributed by atoms with Gasteiger partial charge in [0.15, 0.2) is 0 Å². The fraction of sp³-hybridized carbons (Fsp3) is 0.0625. The Bertz CT molecular complexity index is 790. The normalized spacial score (nSPS) is 13.8. The van der Waals surface area contributed by atoms with Gasteiger partial charge >= 0.3 is 0 Å². The number of amides is 3.